The van der Waals surface area contributed by atoms with Gasteiger partial charge in [-0.25, -0.2) is 4.68 Å². The third-order valence-electron chi connectivity index (χ3n) is 3.81. The molecule has 2 aromatic rings. The van der Waals surface area contributed by atoms with Crippen molar-refractivity contribution in [2.75, 3.05) is 19.6 Å². The molecule has 1 aliphatic heterocycles. The molecule has 0 bridgehead atoms. The molecule has 0 radical (unpaired) electrons. The highest BCUT2D eigenvalue weighted by Crippen LogP contribution is 2.24. The van der Waals surface area contributed by atoms with E-state index in [2.05, 4.69) is 20.5 Å². The molecule has 1 fully saturated rings. The highest BCUT2D eigenvalue weighted by Gasteiger charge is 2.18. The van der Waals surface area contributed by atoms with Gasteiger partial charge in [0.25, 0.3) is 0 Å². The number of aromatic nitrogens is 3. The Balaban J connectivity index is 1.71. The summed E-state index contributed by atoms with van der Waals surface area (Å²) in [5.74, 6) is 0.0584. The Morgan fingerprint density at radius 1 is 1.41 bits per heavy atom. The number of benzene rings is 1. The first-order valence-electron chi connectivity index (χ1n) is 7.27. The third kappa shape index (κ3) is 3.28. The summed E-state index contributed by atoms with van der Waals surface area (Å²) in [6, 6.07) is 7.75. The second kappa shape index (κ2) is 6.46. The van der Waals surface area contributed by atoms with Crippen LogP contribution in [0.3, 0.4) is 0 Å². The molecule has 0 aliphatic carbocycles. The number of nitrogens with one attached hydrogen (secondary N) is 1. The van der Waals surface area contributed by atoms with Crippen molar-refractivity contribution in [3.63, 3.8) is 0 Å². The first-order chi connectivity index (χ1) is 10.6. The Bertz CT molecular complexity index is 671. The van der Waals surface area contributed by atoms with E-state index in [1.165, 1.54) is 0 Å². The van der Waals surface area contributed by atoms with Gasteiger partial charge in [0, 0.05) is 24.7 Å². The molecule has 1 N–H and O–H groups in total. The van der Waals surface area contributed by atoms with Crippen LogP contribution in [-0.4, -0.2) is 45.4 Å². The zero-order valence-electron chi connectivity index (χ0n) is 12.4. The van der Waals surface area contributed by atoms with Gasteiger partial charge in [0.2, 0.25) is 5.91 Å². The zero-order chi connectivity index (χ0) is 15.5. The first-order valence-corrected chi connectivity index (χ1v) is 7.65. The van der Waals surface area contributed by atoms with Gasteiger partial charge in [-0.1, -0.05) is 35.0 Å². The Kier molecular flexibility index (Phi) is 4.40. The first kappa shape index (κ1) is 15.0. The molecule has 0 spiro atoms. The summed E-state index contributed by atoms with van der Waals surface area (Å²) in [6.45, 7) is 4.59. The van der Waals surface area contributed by atoms with Crippen LogP contribution in [0.2, 0.25) is 5.02 Å². The van der Waals surface area contributed by atoms with Crippen molar-refractivity contribution in [3.05, 3.63) is 46.7 Å². The van der Waals surface area contributed by atoms with Gasteiger partial charge >= 0.3 is 0 Å². The van der Waals surface area contributed by atoms with Crippen LogP contribution in [0.1, 0.15) is 24.2 Å². The van der Waals surface area contributed by atoms with E-state index >= 15 is 0 Å². The molecule has 3 rings (SSSR count). The van der Waals surface area contributed by atoms with Gasteiger partial charge in [0.1, 0.15) is 0 Å². The Morgan fingerprint density at radius 3 is 3.00 bits per heavy atom. The Labute approximate surface area is 134 Å². The van der Waals surface area contributed by atoms with Crippen molar-refractivity contribution in [1.82, 2.24) is 25.2 Å². The van der Waals surface area contributed by atoms with E-state index in [4.69, 9.17) is 11.6 Å². The van der Waals surface area contributed by atoms with Crippen LogP contribution in [0.5, 0.6) is 0 Å². The minimum Gasteiger partial charge on any atom is -0.354 e. The van der Waals surface area contributed by atoms with Crippen LogP contribution in [0.4, 0.5) is 0 Å². The van der Waals surface area contributed by atoms with E-state index in [0.717, 1.165) is 22.8 Å². The standard InChI is InChI=1S/C15H18ClN5O/c1-11(13-4-2-3-5-14(13)16)21-9-12(18-19-21)8-20-7-6-17-15(22)10-20/h2-5,9,11H,6-8,10H2,1H3,(H,17,22)/t11-/m1/s1. The molecule has 1 amide bonds. The second-order valence-corrected chi connectivity index (χ2v) is 5.86. The third-order valence-corrected chi connectivity index (χ3v) is 4.16. The number of hydrogen-bond acceptors (Lipinski definition) is 4. The van der Waals surface area contributed by atoms with Crippen molar-refractivity contribution >= 4 is 17.5 Å². The average molecular weight is 320 g/mol. The van der Waals surface area contributed by atoms with Crippen molar-refractivity contribution in [2.45, 2.75) is 19.5 Å². The van der Waals surface area contributed by atoms with Gasteiger partial charge in [0.05, 0.1) is 24.5 Å². The fourth-order valence-corrected chi connectivity index (χ4v) is 2.88. The summed E-state index contributed by atoms with van der Waals surface area (Å²) in [6.07, 6.45) is 1.92. The number of piperazine rings is 1. The predicted octanol–water partition coefficient (Wildman–Crippen LogP) is 1.47. The van der Waals surface area contributed by atoms with E-state index in [1.54, 1.807) is 4.68 Å². The SMILES string of the molecule is C[C@H](c1ccccc1Cl)n1cc(CN2CCNC(=O)C2)nn1. The lowest BCUT2D eigenvalue weighted by molar-refractivity contribution is -0.124. The number of hydrogen-bond donors (Lipinski definition) is 1. The molecule has 22 heavy (non-hydrogen) atoms. The molecule has 1 saturated heterocycles. The normalized spacial score (nSPS) is 17.3. The fourth-order valence-electron chi connectivity index (χ4n) is 2.59. The summed E-state index contributed by atoms with van der Waals surface area (Å²) < 4.78 is 1.81. The molecular weight excluding hydrogens is 302 g/mol. The van der Waals surface area contributed by atoms with E-state index in [0.29, 0.717) is 19.6 Å². The molecule has 2 heterocycles. The van der Waals surface area contributed by atoms with Crippen LogP contribution in [0, 0.1) is 0 Å². The summed E-state index contributed by atoms with van der Waals surface area (Å²) >= 11 is 6.23. The van der Waals surface area contributed by atoms with Gasteiger partial charge in [0.15, 0.2) is 0 Å². The van der Waals surface area contributed by atoms with Gasteiger partial charge in [-0.05, 0) is 18.6 Å². The minimum atomic E-state index is 0.0135. The number of amides is 1. The number of rotatable bonds is 4. The average Bonchev–Trinajstić information content (AvgIpc) is 2.95. The van der Waals surface area contributed by atoms with Crippen LogP contribution >= 0.6 is 11.6 Å². The Morgan fingerprint density at radius 2 is 2.23 bits per heavy atom. The summed E-state index contributed by atoms with van der Waals surface area (Å²) in [5.41, 5.74) is 1.87. The van der Waals surface area contributed by atoms with Crippen LogP contribution in [0.25, 0.3) is 0 Å². The van der Waals surface area contributed by atoms with E-state index in [9.17, 15) is 4.79 Å². The molecule has 7 heteroatoms. The predicted molar refractivity (Wildman–Crippen MR) is 83.6 cm³/mol. The number of halogens is 1. The quantitative estimate of drug-likeness (QED) is 0.927. The van der Waals surface area contributed by atoms with Crippen LogP contribution in [-0.2, 0) is 11.3 Å². The van der Waals surface area contributed by atoms with Crippen molar-refractivity contribution in [2.24, 2.45) is 0 Å². The molecule has 0 unspecified atom stereocenters. The monoisotopic (exact) mass is 319 g/mol. The summed E-state index contributed by atoms with van der Waals surface area (Å²) in [5, 5.41) is 11.9. The van der Waals surface area contributed by atoms with Crippen molar-refractivity contribution in [1.29, 1.82) is 0 Å². The highest BCUT2D eigenvalue weighted by molar-refractivity contribution is 6.31. The molecule has 1 atom stereocenters. The molecule has 1 aromatic carbocycles. The van der Waals surface area contributed by atoms with Crippen molar-refractivity contribution in [3.8, 4) is 0 Å². The smallest absolute Gasteiger partial charge is 0.234 e. The molecule has 116 valence electrons. The van der Waals surface area contributed by atoms with Gasteiger partial charge in [-0.3, -0.25) is 9.69 Å². The molecule has 6 nitrogen and oxygen atoms in total. The largest absolute Gasteiger partial charge is 0.354 e. The molecule has 1 aromatic heterocycles. The molecule has 1 aliphatic rings. The lowest BCUT2D eigenvalue weighted by atomic mass is 10.1. The molecular formula is C15H18ClN5O. The fraction of sp³-hybridized carbons (Fsp3) is 0.400. The van der Waals surface area contributed by atoms with E-state index in [1.807, 2.05) is 37.4 Å². The summed E-state index contributed by atoms with van der Waals surface area (Å²) in [4.78, 5) is 13.5. The minimum absolute atomic E-state index is 0.0135. The van der Waals surface area contributed by atoms with Gasteiger partial charge < -0.3 is 5.32 Å². The number of nitrogens with zero attached hydrogens (tertiary/aromatic N) is 4. The highest BCUT2D eigenvalue weighted by atomic mass is 35.5. The van der Waals surface area contributed by atoms with Gasteiger partial charge in [-0.2, -0.15) is 0 Å². The second-order valence-electron chi connectivity index (χ2n) is 5.45. The summed E-state index contributed by atoms with van der Waals surface area (Å²) in [7, 11) is 0. The maximum atomic E-state index is 11.4. The van der Waals surface area contributed by atoms with E-state index in [-0.39, 0.29) is 11.9 Å². The lowest BCUT2D eigenvalue weighted by Crippen LogP contribution is -2.47. The lowest BCUT2D eigenvalue weighted by Gasteiger charge is -2.25. The maximum Gasteiger partial charge on any atom is 0.234 e. The maximum absolute atomic E-state index is 11.4. The topological polar surface area (TPSA) is 63.0 Å². The van der Waals surface area contributed by atoms with Crippen LogP contribution < -0.4 is 5.32 Å². The number of carbonyl (C=O) groups excluding carboxylic acids is 1. The number of carbonyl (C=O) groups is 1. The van der Waals surface area contributed by atoms with Crippen molar-refractivity contribution < 1.29 is 4.79 Å². The Hall–Kier alpha value is -1.92. The zero-order valence-corrected chi connectivity index (χ0v) is 13.1. The van der Waals surface area contributed by atoms with Crippen LogP contribution in [0.15, 0.2) is 30.5 Å². The van der Waals surface area contributed by atoms with Gasteiger partial charge in [-0.15, -0.1) is 5.10 Å². The van der Waals surface area contributed by atoms with E-state index < -0.39 is 0 Å². The molecule has 0 saturated carbocycles.